The Labute approximate surface area is 200 Å². The highest BCUT2D eigenvalue weighted by atomic mass is 16.1. The maximum absolute atomic E-state index is 14.1. The summed E-state index contributed by atoms with van der Waals surface area (Å²) in [5.74, 6) is 0.640. The lowest BCUT2D eigenvalue weighted by Crippen LogP contribution is -2.26. The normalized spacial score (nSPS) is 12.3. The molecule has 0 amide bonds. The van der Waals surface area contributed by atoms with E-state index in [1.54, 1.807) is 32.5 Å². The van der Waals surface area contributed by atoms with Crippen molar-refractivity contribution < 1.29 is 0 Å². The first kappa shape index (κ1) is 20.8. The lowest BCUT2D eigenvalue weighted by Gasteiger charge is -2.22. The van der Waals surface area contributed by atoms with Crippen LogP contribution in [0.15, 0.2) is 90.6 Å². The summed E-state index contributed by atoms with van der Waals surface area (Å²) >= 11 is 0. The van der Waals surface area contributed by atoms with Gasteiger partial charge in [-0.05, 0) is 36.1 Å². The number of hydrogen-bond acceptors (Lipinski definition) is 6. The molecule has 4 aromatic heterocycles. The number of aromatic nitrogens is 7. The maximum Gasteiger partial charge on any atom is 0.263 e. The van der Waals surface area contributed by atoms with Crippen LogP contribution < -0.4 is 10.9 Å². The van der Waals surface area contributed by atoms with Crippen molar-refractivity contribution in [3.8, 4) is 16.8 Å². The van der Waals surface area contributed by atoms with Crippen molar-refractivity contribution in [2.24, 2.45) is 7.05 Å². The van der Waals surface area contributed by atoms with E-state index in [0.717, 1.165) is 33.4 Å². The largest absolute Gasteiger partial charge is 0.360 e. The highest BCUT2D eigenvalue weighted by Crippen LogP contribution is 2.30. The van der Waals surface area contributed by atoms with Gasteiger partial charge in [-0.1, -0.05) is 36.4 Å². The molecule has 0 aliphatic rings. The third kappa shape index (κ3) is 3.54. The quantitative estimate of drug-likeness (QED) is 0.416. The number of hydrogen-bond donors (Lipinski definition) is 1. The summed E-state index contributed by atoms with van der Waals surface area (Å²) in [6.45, 7) is 2.01. The van der Waals surface area contributed by atoms with Crippen LogP contribution in [0.3, 0.4) is 0 Å². The molecule has 9 nitrogen and oxygen atoms in total. The lowest BCUT2D eigenvalue weighted by atomic mass is 9.99. The van der Waals surface area contributed by atoms with Crippen LogP contribution in [0, 0.1) is 0 Å². The van der Waals surface area contributed by atoms with E-state index in [9.17, 15) is 4.79 Å². The molecule has 0 saturated heterocycles. The van der Waals surface area contributed by atoms with Crippen LogP contribution in [-0.2, 0) is 7.05 Å². The molecule has 0 fully saturated rings. The Morgan fingerprint density at radius 3 is 2.66 bits per heavy atom. The average Bonchev–Trinajstić information content (AvgIpc) is 3.53. The molecular formula is C26H22N8O. The zero-order chi connectivity index (χ0) is 23.9. The molecule has 1 N–H and O–H groups in total. The molecule has 1 atom stereocenters. The smallest absolute Gasteiger partial charge is 0.263 e. The number of imidazole rings is 1. The number of nitrogens with zero attached hydrogens (tertiary/aromatic N) is 7. The molecule has 0 saturated carbocycles. The first-order chi connectivity index (χ1) is 17.1. The fourth-order valence-electron chi connectivity index (χ4n) is 4.49. The highest BCUT2D eigenvalue weighted by Gasteiger charge is 2.20. The summed E-state index contributed by atoms with van der Waals surface area (Å²) < 4.78 is 5.17. The Balaban J connectivity index is 1.57. The minimum atomic E-state index is -0.247. The first-order valence-corrected chi connectivity index (χ1v) is 11.2. The monoisotopic (exact) mass is 462 g/mol. The van der Waals surface area contributed by atoms with Gasteiger partial charge in [0.25, 0.3) is 5.56 Å². The number of anilines is 1. The predicted octanol–water partition coefficient (Wildman–Crippen LogP) is 4.00. The third-order valence-electron chi connectivity index (χ3n) is 6.13. The van der Waals surface area contributed by atoms with E-state index < -0.39 is 0 Å². The summed E-state index contributed by atoms with van der Waals surface area (Å²) in [6.07, 6.45) is 8.52. The van der Waals surface area contributed by atoms with E-state index in [1.807, 2.05) is 68.7 Å². The van der Waals surface area contributed by atoms with Gasteiger partial charge in [-0.3, -0.25) is 14.0 Å². The van der Waals surface area contributed by atoms with Gasteiger partial charge in [-0.15, -0.1) is 0 Å². The molecule has 0 radical (unpaired) electrons. The molecule has 35 heavy (non-hydrogen) atoms. The van der Waals surface area contributed by atoms with Gasteiger partial charge in [0.1, 0.15) is 18.2 Å². The van der Waals surface area contributed by atoms with Crippen LogP contribution in [0.4, 0.5) is 5.82 Å². The average molecular weight is 463 g/mol. The van der Waals surface area contributed by atoms with E-state index in [1.165, 1.54) is 6.33 Å². The van der Waals surface area contributed by atoms with Crippen LogP contribution in [0.2, 0.25) is 0 Å². The number of para-hydroxylation sites is 1. The first-order valence-electron chi connectivity index (χ1n) is 11.2. The van der Waals surface area contributed by atoms with Gasteiger partial charge >= 0.3 is 0 Å². The molecule has 172 valence electrons. The van der Waals surface area contributed by atoms with Crippen molar-refractivity contribution >= 4 is 22.1 Å². The van der Waals surface area contributed by atoms with Gasteiger partial charge in [-0.2, -0.15) is 10.2 Å². The Kier molecular flexibility index (Phi) is 4.88. The second kappa shape index (κ2) is 8.21. The molecule has 0 bridgehead atoms. The molecule has 0 unspecified atom stereocenters. The summed E-state index contributed by atoms with van der Waals surface area (Å²) in [5.41, 5.74) is 4.03. The Morgan fingerprint density at radius 1 is 1.00 bits per heavy atom. The number of pyridine rings is 1. The number of rotatable bonds is 5. The minimum Gasteiger partial charge on any atom is -0.360 e. The molecule has 2 aromatic carbocycles. The minimum absolute atomic E-state index is 0.0889. The van der Waals surface area contributed by atoms with Crippen molar-refractivity contribution in [2.45, 2.75) is 13.0 Å². The summed E-state index contributed by atoms with van der Waals surface area (Å²) in [5, 5.41) is 13.5. The van der Waals surface area contributed by atoms with Gasteiger partial charge in [0.15, 0.2) is 5.82 Å². The van der Waals surface area contributed by atoms with Gasteiger partial charge in [0, 0.05) is 30.2 Å². The molecular weight excluding hydrogens is 440 g/mol. The number of nitrogens with one attached hydrogen (secondary N) is 1. The number of aryl methyl sites for hydroxylation is 1. The van der Waals surface area contributed by atoms with Crippen LogP contribution in [-0.4, -0.2) is 33.9 Å². The molecule has 4 heterocycles. The maximum atomic E-state index is 14.1. The molecule has 6 aromatic rings. The standard InChI is InChI=1S/C26H22N8O/c1-17(31-25-23-13-27-16-33(23)30-15-28-25)22-11-18-7-6-10-21(19-12-29-32(2)14-19)24(18)26(35)34(22)20-8-4-3-5-9-20/h3-17H,1-2H3,(H,28,30,31)/t17-/m0/s1. The fourth-order valence-corrected chi connectivity index (χ4v) is 4.49. The SMILES string of the molecule is C[C@H](Nc1ncnn2cncc12)c1cc2cccc(-c3cnn(C)c3)c2c(=O)n1-c1ccccc1. The number of benzene rings is 2. The van der Waals surface area contributed by atoms with Crippen LogP contribution in [0.1, 0.15) is 18.7 Å². The van der Waals surface area contributed by atoms with Crippen LogP contribution >= 0.6 is 0 Å². The third-order valence-corrected chi connectivity index (χ3v) is 6.13. The second-order valence-electron chi connectivity index (χ2n) is 8.42. The van der Waals surface area contributed by atoms with Crippen molar-refractivity contribution in [3.05, 3.63) is 102 Å². The Morgan fingerprint density at radius 2 is 1.86 bits per heavy atom. The van der Waals surface area contributed by atoms with Crippen LogP contribution in [0.5, 0.6) is 0 Å². The highest BCUT2D eigenvalue weighted by molar-refractivity contribution is 5.96. The van der Waals surface area contributed by atoms with Crippen LogP contribution in [0.25, 0.3) is 33.1 Å². The topological polar surface area (TPSA) is 94.9 Å². The van der Waals surface area contributed by atoms with Crippen molar-refractivity contribution in [1.29, 1.82) is 0 Å². The summed E-state index contributed by atoms with van der Waals surface area (Å²) in [6, 6.07) is 17.4. The van der Waals surface area contributed by atoms with E-state index in [2.05, 4.69) is 31.5 Å². The Hall–Kier alpha value is -4.79. The van der Waals surface area contributed by atoms with Crippen molar-refractivity contribution in [1.82, 2.24) is 33.9 Å². The van der Waals surface area contributed by atoms with Gasteiger partial charge in [0.05, 0.1) is 23.8 Å². The summed E-state index contributed by atoms with van der Waals surface area (Å²) in [7, 11) is 1.87. The molecule has 6 rings (SSSR count). The summed E-state index contributed by atoms with van der Waals surface area (Å²) in [4.78, 5) is 22.7. The van der Waals surface area contributed by atoms with E-state index in [4.69, 9.17) is 0 Å². The van der Waals surface area contributed by atoms with Gasteiger partial charge < -0.3 is 5.32 Å². The zero-order valence-electron chi connectivity index (χ0n) is 19.2. The van der Waals surface area contributed by atoms with Crippen molar-refractivity contribution in [3.63, 3.8) is 0 Å². The molecule has 0 aliphatic carbocycles. The van der Waals surface area contributed by atoms with E-state index in [0.29, 0.717) is 11.2 Å². The lowest BCUT2D eigenvalue weighted by molar-refractivity contribution is 0.768. The second-order valence-corrected chi connectivity index (χ2v) is 8.42. The van der Waals surface area contributed by atoms with Crippen molar-refractivity contribution in [2.75, 3.05) is 5.32 Å². The van der Waals surface area contributed by atoms with Gasteiger partial charge in [-0.25, -0.2) is 14.5 Å². The number of fused-ring (bicyclic) bond motifs is 2. The van der Waals surface area contributed by atoms with E-state index >= 15 is 0 Å². The molecule has 0 aliphatic heterocycles. The predicted molar refractivity (Wildman–Crippen MR) is 135 cm³/mol. The Bertz CT molecular complexity index is 1730. The molecule has 9 heteroatoms. The van der Waals surface area contributed by atoms with Gasteiger partial charge in [0.2, 0.25) is 0 Å². The fraction of sp³-hybridized carbons (Fsp3) is 0.115. The molecule has 0 spiro atoms. The zero-order valence-corrected chi connectivity index (χ0v) is 19.2. The van der Waals surface area contributed by atoms with E-state index in [-0.39, 0.29) is 11.6 Å².